The van der Waals surface area contributed by atoms with Gasteiger partial charge in [-0.1, -0.05) is 55.0 Å². The standard InChI is InChI=1S/C25H30ClN3O3S/c1-17(2)19-5-7-20(8-6-19)32-16-22(30)29(11-10-28-12-14-31-15-13-28)25-27-23-18(3)4-9-21(26)24(23)33-25/h4-9,17H,10-16H2,1-3H3. The molecule has 6 nitrogen and oxygen atoms in total. The van der Waals surface area contributed by atoms with Gasteiger partial charge in [-0.2, -0.15) is 0 Å². The van der Waals surface area contributed by atoms with E-state index >= 15 is 0 Å². The molecule has 2 aromatic carbocycles. The minimum atomic E-state index is -0.121. The minimum Gasteiger partial charge on any atom is -0.484 e. The number of rotatable bonds is 8. The molecule has 2 heterocycles. The minimum absolute atomic E-state index is 0.0488. The van der Waals surface area contributed by atoms with Crippen molar-refractivity contribution >= 4 is 44.2 Å². The van der Waals surface area contributed by atoms with Crippen molar-refractivity contribution in [1.29, 1.82) is 0 Å². The van der Waals surface area contributed by atoms with Crippen molar-refractivity contribution < 1.29 is 14.3 Å². The number of carbonyl (C=O) groups is 1. The molecule has 1 fully saturated rings. The zero-order valence-corrected chi connectivity index (χ0v) is 20.9. The number of thiazole rings is 1. The molecule has 3 aromatic rings. The zero-order chi connectivity index (χ0) is 23.4. The summed E-state index contributed by atoms with van der Waals surface area (Å²) in [5.41, 5.74) is 3.12. The fourth-order valence-corrected chi connectivity index (χ4v) is 5.13. The molecule has 0 bridgehead atoms. The maximum Gasteiger partial charge on any atom is 0.266 e. The topological polar surface area (TPSA) is 54.9 Å². The van der Waals surface area contributed by atoms with E-state index in [9.17, 15) is 4.79 Å². The van der Waals surface area contributed by atoms with Gasteiger partial charge in [0.25, 0.3) is 5.91 Å². The summed E-state index contributed by atoms with van der Waals surface area (Å²) in [5.74, 6) is 1.01. The molecule has 0 atom stereocenters. The number of halogens is 1. The van der Waals surface area contributed by atoms with Crippen LogP contribution in [0.1, 0.15) is 30.9 Å². The molecular formula is C25H30ClN3O3S. The van der Waals surface area contributed by atoms with Gasteiger partial charge >= 0.3 is 0 Å². The van der Waals surface area contributed by atoms with E-state index in [1.807, 2.05) is 43.3 Å². The maximum absolute atomic E-state index is 13.3. The summed E-state index contributed by atoms with van der Waals surface area (Å²) in [6.45, 7) is 10.7. The van der Waals surface area contributed by atoms with Crippen LogP contribution in [0.25, 0.3) is 10.2 Å². The van der Waals surface area contributed by atoms with Crippen LogP contribution in [-0.4, -0.2) is 61.8 Å². The lowest BCUT2D eigenvalue weighted by Crippen LogP contribution is -2.44. The average molecular weight is 488 g/mol. The number of carbonyl (C=O) groups excluding carboxylic acids is 1. The highest BCUT2D eigenvalue weighted by Crippen LogP contribution is 2.35. The smallest absolute Gasteiger partial charge is 0.266 e. The lowest BCUT2D eigenvalue weighted by molar-refractivity contribution is -0.120. The van der Waals surface area contributed by atoms with Crippen molar-refractivity contribution in [2.45, 2.75) is 26.7 Å². The first-order valence-electron chi connectivity index (χ1n) is 11.3. The fourth-order valence-electron chi connectivity index (χ4n) is 3.77. The Morgan fingerprint density at radius 3 is 2.61 bits per heavy atom. The summed E-state index contributed by atoms with van der Waals surface area (Å²) in [4.78, 5) is 22.1. The van der Waals surface area contributed by atoms with Crippen molar-refractivity contribution in [3.63, 3.8) is 0 Å². The number of amides is 1. The van der Waals surface area contributed by atoms with Crippen molar-refractivity contribution in [3.8, 4) is 5.75 Å². The van der Waals surface area contributed by atoms with Gasteiger partial charge in [-0.15, -0.1) is 0 Å². The SMILES string of the molecule is Cc1ccc(Cl)c2sc(N(CCN3CCOCC3)C(=O)COc3ccc(C(C)C)cc3)nc12. The Balaban J connectivity index is 1.52. The Kier molecular flexibility index (Phi) is 7.86. The normalized spacial score (nSPS) is 14.7. The largest absolute Gasteiger partial charge is 0.484 e. The van der Waals surface area contributed by atoms with Gasteiger partial charge in [0.2, 0.25) is 0 Å². The van der Waals surface area contributed by atoms with E-state index in [0.717, 1.165) is 48.6 Å². The fraction of sp³-hybridized carbons (Fsp3) is 0.440. The molecule has 176 valence electrons. The van der Waals surface area contributed by atoms with Gasteiger partial charge < -0.3 is 9.47 Å². The third kappa shape index (κ3) is 5.84. The number of fused-ring (bicyclic) bond motifs is 1. The van der Waals surface area contributed by atoms with E-state index in [-0.39, 0.29) is 12.5 Å². The van der Waals surface area contributed by atoms with Gasteiger partial charge in [-0.3, -0.25) is 14.6 Å². The van der Waals surface area contributed by atoms with Crippen LogP contribution in [0.2, 0.25) is 5.02 Å². The number of aryl methyl sites for hydroxylation is 1. The lowest BCUT2D eigenvalue weighted by atomic mass is 10.0. The van der Waals surface area contributed by atoms with Crippen molar-refractivity contribution in [1.82, 2.24) is 9.88 Å². The zero-order valence-electron chi connectivity index (χ0n) is 19.3. The Hall–Kier alpha value is -2.19. The Bertz CT molecular complexity index is 1060. The quantitative estimate of drug-likeness (QED) is 0.441. The molecule has 0 saturated carbocycles. The molecule has 0 aliphatic carbocycles. The van der Waals surface area contributed by atoms with Crippen LogP contribution in [-0.2, 0) is 9.53 Å². The first-order chi connectivity index (χ1) is 15.9. The van der Waals surface area contributed by atoms with E-state index in [0.29, 0.717) is 28.4 Å². The molecule has 0 radical (unpaired) electrons. The third-order valence-electron chi connectivity index (χ3n) is 5.87. The molecule has 0 spiro atoms. The van der Waals surface area contributed by atoms with Gasteiger partial charge in [-0.05, 0) is 42.2 Å². The first kappa shape index (κ1) is 24.0. The molecule has 0 N–H and O–H groups in total. The van der Waals surface area contributed by atoms with Crippen LogP contribution in [0, 0.1) is 6.92 Å². The molecule has 1 saturated heterocycles. The molecule has 1 aromatic heterocycles. The Morgan fingerprint density at radius 1 is 1.21 bits per heavy atom. The summed E-state index contributed by atoms with van der Waals surface area (Å²) >= 11 is 7.87. The van der Waals surface area contributed by atoms with Crippen LogP contribution in [0.3, 0.4) is 0 Å². The summed E-state index contributed by atoms with van der Waals surface area (Å²) in [7, 11) is 0. The first-order valence-corrected chi connectivity index (χ1v) is 12.5. The predicted octanol–water partition coefficient (Wildman–Crippen LogP) is 5.13. The molecule has 1 amide bonds. The summed E-state index contributed by atoms with van der Waals surface area (Å²) in [6, 6.07) is 11.8. The van der Waals surface area contributed by atoms with Gasteiger partial charge in [0.1, 0.15) is 5.75 Å². The average Bonchev–Trinajstić information content (AvgIpc) is 3.28. The number of morpholine rings is 1. The number of benzene rings is 2. The van der Waals surface area contributed by atoms with Crippen LogP contribution < -0.4 is 9.64 Å². The Labute approximate surface area is 204 Å². The molecule has 4 rings (SSSR count). The third-order valence-corrected chi connectivity index (χ3v) is 7.41. The summed E-state index contributed by atoms with van der Waals surface area (Å²) < 4.78 is 12.2. The second-order valence-corrected chi connectivity index (χ2v) is 9.93. The number of nitrogens with zero attached hydrogens (tertiary/aromatic N) is 3. The number of hydrogen-bond donors (Lipinski definition) is 0. The predicted molar refractivity (Wildman–Crippen MR) is 135 cm³/mol. The number of anilines is 1. The molecule has 0 unspecified atom stereocenters. The van der Waals surface area contributed by atoms with Gasteiger partial charge in [0.15, 0.2) is 11.7 Å². The second-order valence-electron chi connectivity index (χ2n) is 8.55. The van der Waals surface area contributed by atoms with E-state index in [1.165, 1.54) is 16.9 Å². The lowest BCUT2D eigenvalue weighted by Gasteiger charge is -2.29. The molecular weight excluding hydrogens is 458 g/mol. The Morgan fingerprint density at radius 2 is 1.94 bits per heavy atom. The molecule has 1 aliphatic rings. The highest BCUT2D eigenvalue weighted by Gasteiger charge is 2.23. The van der Waals surface area contributed by atoms with Crippen molar-refractivity contribution in [3.05, 3.63) is 52.5 Å². The van der Waals surface area contributed by atoms with Crippen molar-refractivity contribution in [2.24, 2.45) is 0 Å². The number of ether oxygens (including phenoxy) is 2. The van der Waals surface area contributed by atoms with E-state index in [2.05, 4.69) is 18.7 Å². The van der Waals surface area contributed by atoms with Crippen LogP contribution in [0.5, 0.6) is 5.75 Å². The van der Waals surface area contributed by atoms with Crippen LogP contribution in [0.15, 0.2) is 36.4 Å². The molecule has 1 aliphatic heterocycles. The monoisotopic (exact) mass is 487 g/mol. The number of hydrogen-bond acceptors (Lipinski definition) is 6. The summed E-state index contributed by atoms with van der Waals surface area (Å²) in [5, 5.41) is 1.31. The van der Waals surface area contributed by atoms with Crippen LogP contribution >= 0.6 is 22.9 Å². The van der Waals surface area contributed by atoms with Crippen LogP contribution in [0.4, 0.5) is 5.13 Å². The van der Waals surface area contributed by atoms with E-state index in [1.54, 1.807) is 4.90 Å². The molecule has 33 heavy (non-hydrogen) atoms. The highest BCUT2D eigenvalue weighted by molar-refractivity contribution is 7.23. The van der Waals surface area contributed by atoms with E-state index < -0.39 is 0 Å². The highest BCUT2D eigenvalue weighted by atomic mass is 35.5. The summed E-state index contributed by atoms with van der Waals surface area (Å²) in [6.07, 6.45) is 0. The van der Waals surface area contributed by atoms with Crippen molar-refractivity contribution in [2.75, 3.05) is 50.9 Å². The maximum atomic E-state index is 13.3. The van der Waals surface area contributed by atoms with Gasteiger partial charge in [0, 0.05) is 26.2 Å². The van der Waals surface area contributed by atoms with E-state index in [4.69, 9.17) is 26.1 Å². The second kappa shape index (κ2) is 10.8. The number of aromatic nitrogens is 1. The molecule has 8 heteroatoms. The van der Waals surface area contributed by atoms with Gasteiger partial charge in [-0.25, -0.2) is 4.98 Å². The van der Waals surface area contributed by atoms with Gasteiger partial charge in [0.05, 0.1) is 28.5 Å².